The van der Waals surface area contributed by atoms with Crippen LogP contribution < -0.4 is 5.32 Å². The predicted molar refractivity (Wildman–Crippen MR) is 58.8 cm³/mol. The summed E-state index contributed by atoms with van der Waals surface area (Å²) >= 11 is 0. The highest BCUT2D eigenvalue weighted by atomic mass is 16.5. The summed E-state index contributed by atoms with van der Waals surface area (Å²) in [6.07, 6.45) is 3.33. The molecule has 0 saturated heterocycles. The molecule has 2 heterocycles. The van der Waals surface area contributed by atoms with Crippen molar-refractivity contribution in [1.82, 2.24) is 15.5 Å². The minimum Gasteiger partial charge on any atom is -0.461 e. The van der Waals surface area contributed by atoms with Crippen LogP contribution in [0.4, 0.5) is 0 Å². The third kappa shape index (κ3) is 2.49. The van der Waals surface area contributed by atoms with Crippen molar-refractivity contribution < 1.29 is 8.94 Å². The fourth-order valence-corrected chi connectivity index (χ4v) is 1.35. The van der Waals surface area contributed by atoms with E-state index >= 15 is 0 Å². The van der Waals surface area contributed by atoms with Crippen LogP contribution in [-0.2, 0) is 6.42 Å². The van der Waals surface area contributed by atoms with Gasteiger partial charge in [-0.25, -0.2) is 0 Å². The Morgan fingerprint density at radius 2 is 2.38 bits per heavy atom. The maximum absolute atomic E-state index is 5.18. The van der Waals surface area contributed by atoms with Gasteiger partial charge in [-0.15, -0.1) is 0 Å². The van der Waals surface area contributed by atoms with Crippen LogP contribution in [0.25, 0.3) is 11.6 Å². The van der Waals surface area contributed by atoms with Gasteiger partial charge in [0.05, 0.1) is 6.26 Å². The zero-order chi connectivity index (χ0) is 11.4. The van der Waals surface area contributed by atoms with Gasteiger partial charge in [0.2, 0.25) is 11.7 Å². The summed E-state index contributed by atoms with van der Waals surface area (Å²) in [5.74, 6) is 1.79. The zero-order valence-corrected chi connectivity index (χ0v) is 9.43. The summed E-state index contributed by atoms with van der Waals surface area (Å²) in [6.45, 7) is 2.11. The van der Waals surface area contributed by atoms with Crippen LogP contribution in [0.15, 0.2) is 27.3 Å². The highest BCUT2D eigenvalue weighted by molar-refractivity contribution is 5.44. The number of hydrogen-bond acceptors (Lipinski definition) is 5. The van der Waals surface area contributed by atoms with Crippen molar-refractivity contribution in [1.29, 1.82) is 0 Å². The molecule has 0 aliphatic carbocycles. The number of nitrogens with one attached hydrogen (secondary N) is 1. The molecular formula is C11H15N3O2. The summed E-state index contributed by atoms with van der Waals surface area (Å²) in [6, 6.07) is 4.05. The molecule has 0 bridgehead atoms. The van der Waals surface area contributed by atoms with Gasteiger partial charge in [-0.2, -0.15) is 4.98 Å². The van der Waals surface area contributed by atoms with Gasteiger partial charge >= 0.3 is 0 Å². The maximum Gasteiger partial charge on any atom is 0.238 e. The number of rotatable bonds is 5. The molecule has 2 aromatic rings. The van der Waals surface area contributed by atoms with Crippen LogP contribution in [0.3, 0.4) is 0 Å². The van der Waals surface area contributed by atoms with E-state index in [1.54, 1.807) is 12.3 Å². The number of aromatic nitrogens is 2. The summed E-state index contributed by atoms with van der Waals surface area (Å²) in [7, 11) is 1.94. The zero-order valence-electron chi connectivity index (χ0n) is 9.43. The first-order valence-electron chi connectivity index (χ1n) is 5.33. The molecule has 5 nitrogen and oxygen atoms in total. The smallest absolute Gasteiger partial charge is 0.238 e. The van der Waals surface area contributed by atoms with E-state index in [1.807, 2.05) is 13.1 Å². The van der Waals surface area contributed by atoms with Crippen molar-refractivity contribution in [3.63, 3.8) is 0 Å². The molecule has 1 N–H and O–H groups in total. The molecule has 5 heteroatoms. The van der Waals surface area contributed by atoms with E-state index in [9.17, 15) is 0 Å². The molecule has 1 atom stereocenters. The standard InChI is InChI=1S/C11H15N3O2/c1-8(12-2)5-6-10-13-11(14-16-10)9-4-3-7-15-9/h3-4,7-8,12H,5-6H2,1-2H3. The maximum atomic E-state index is 5.18. The van der Waals surface area contributed by atoms with Gasteiger partial charge in [-0.3, -0.25) is 0 Å². The van der Waals surface area contributed by atoms with E-state index in [0.29, 0.717) is 23.5 Å². The van der Waals surface area contributed by atoms with Gasteiger partial charge in [-0.1, -0.05) is 5.16 Å². The van der Waals surface area contributed by atoms with Gasteiger partial charge in [0, 0.05) is 12.5 Å². The molecule has 0 radical (unpaired) electrons. The van der Waals surface area contributed by atoms with Crippen molar-refractivity contribution >= 4 is 0 Å². The SMILES string of the molecule is CNC(C)CCc1nc(-c2ccco2)no1. The van der Waals surface area contributed by atoms with Crippen LogP contribution in [0.2, 0.25) is 0 Å². The van der Waals surface area contributed by atoms with E-state index in [0.717, 1.165) is 12.8 Å². The number of aryl methyl sites for hydroxylation is 1. The quantitative estimate of drug-likeness (QED) is 0.835. The number of nitrogens with zero attached hydrogens (tertiary/aromatic N) is 2. The Morgan fingerprint density at radius 3 is 3.06 bits per heavy atom. The Morgan fingerprint density at radius 1 is 1.50 bits per heavy atom. The van der Waals surface area contributed by atoms with Crippen molar-refractivity contribution in [3.8, 4) is 11.6 Å². The average molecular weight is 221 g/mol. The molecule has 16 heavy (non-hydrogen) atoms. The van der Waals surface area contributed by atoms with Crippen molar-refractivity contribution in [2.75, 3.05) is 7.05 Å². The second-order valence-corrected chi connectivity index (χ2v) is 3.72. The first-order chi connectivity index (χ1) is 7.79. The fourth-order valence-electron chi connectivity index (χ4n) is 1.35. The first-order valence-corrected chi connectivity index (χ1v) is 5.33. The van der Waals surface area contributed by atoms with Crippen LogP contribution in [0, 0.1) is 0 Å². The van der Waals surface area contributed by atoms with Gasteiger partial charge in [-0.05, 0) is 32.5 Å². The fraction of sp³-hybridized carbons (Fsp3) is 0.455. The van der Waals surface area contributed by atoms with Crippen molar-refractivity contribution in [3.05, 3.63) is 24.3 Å². The largest absolute Gasteiger partial charge is 0.461 e. The second-order valence-electron chi connectivity index (χ2n) is 3.72. The molecule has 2 rings (SSSR count). The monoisotopic (exact) mass is 221 g/mol. The molecular weight excluding hydrogens is 206 g/mol. The molecule has 0 saturated carbocycles. The molecule has 1 unspecified atom stereocenters. The second kappa shape index (κ2) is 4.94. The normalized spacial score (nSPS) is 12.9. The first kappa shape index (κ1) is 10.9. The average Bonchev–Trinajstić information content (AvgIpc) is 2.95. The Bertz CT molecular complexity index is 422. The Hall–Kier alpha value is -1.62. The Labute approximate surface area is 93.8 Å². The predicted octanol–water partition coefficient (Wildman–Crippen LogP) is 1.87. The van der Waals surface area contributed by atoms with Crippen molar-refractivity contribution in [2.24, 2.45) is 0 Å². The van der Waals surface area contributed by atoms with Crippen LogP contribution in [-0.4, -0.2) is 23.2 Å². The molecule has 0 aliphatic heterocycles. The van der Waals surface area contributed by atoms with Crippen LogP contribution >= 0.6 is 0 Å². The summed E-state index contributed by atoms with van der Waals surface area (Å²) in [5.41, 5.74) is 0. The summed E-state index contributed by atoms with van der Waals surface area (Å²) in [5, 5.41) is 7.02. The highest BCUT2D eigenvalue weighted by Gasteiger charge is 2.11. The Balaban J connectivity index is 1.98. The molecule has 86 valence electrons. The van der Waals surface area contributed by atoms with E-state index in [4.69, 9.17) is 8.94 Å². The van der Waals surface area contributed by atoms with E-state index in [2.05, 4.69) is 22.4 Å². The summed E-state index contributed by atoms with van der Waals surface area (Å²) < 4.78 is 10.3. The van der Waals surface area contributed by atoms with Gasteiger partial charge in [0.1, 0.15) is 0 Å². The van der Waals surface area contributed by atoms with E-state index in [-0.39, 0.29) is 0 Å². The Kier molecular flexibility index (Phi) is 3.36. The number of hydrogen-bond donors (Lipinski definition) is 1. The lowest BCUT2D eigenvalue weighted by Gasteiger charge is -2.06. The molecule has 0 amide bonds. The van der Waals surface area contributed by atoms with Crippen LogP contribution in [0.1, 0.15) is 19.2 Å². The van der Waals surface area contributed by atoms with E-state index < -0.39 is 0 Å². The lowest BCUT2D eigenvalue weighted by molar-refractivity contribution is 0.368. The lowest BCUT2D eigenvalue weighted by Crippen LogP contribution is -2.21. The third-order valence-corrected chi connectivity index (χ3v) is 2.49. The van der Waals surface area contributed by atoms with Crippen LogP contribution in [0.5, 0.6) is 0 Å². The third-order valence-electron chi connectivity index (χ3n) is 2.49. The summed E-state index contributed by atoms with van der Waals surface area (Å²) in [4.78, 5) is 4.26. The highest BCUT2D eigenvalue weighted by Crippen LogP contribution is 2.16. The molecule has 0 fully saturated rings. The van der Waals surface area contributed by atoms with Gasteiger partial charge in [0.15, 0.2) is 5.76 Å². The topological polar surface area (TPSA) is 64.1 Å². The van der Waals surface area contributed by atoms with E-state index in [1.165, 1.54) is 0 Å². The number of furan rings is 1. The lowest BCUT2D eigenvalue weighted by atomic mass is 10.2. The molecule has 0 aliphatic rings. The van der Waals surface area contributed by atoms with Gasteiger partial charge < -0.3 is 14.3 Å². The molecule has 0 aromatic carbocycles. The molecule has 2 aromatic heterocycles. The minimum atomic E-state index is 0.443. The van der Waals surface area contributed by atoms with Crippen molar-refractivity contribution in [2.45, 2.75) is 25.8 Å². The molecule has 0 spiro atoms. The van der Waals surface area contributed by atoms with Gasteiger partial charge in [0.25, 0.3) is 0 Å². The minimum absolute atomic E-state index is 0.443.